The van der Waals surface area contributed by atoms with Gasteiger partial charge in [-0.2, -0.15) is 13.2 Å². The van der Waals surface area contributed by atoms with E-state index >= 15 is 0 Å². The number of rotatable bonds is 5. The third-order valence-electron chi connectivity index (χ3n) is 7.05. The Morgan fingerprint density at radius 3 is 2.03 bits per heavy atom. The molecule has 4 aliphatic carbocycles. The van der Waals surface area contributed by atoms with E-state index in [1.165, 1.54) is 36.3 Å². The molecule has 1 aromatic carbocycles. The van der Waals surface area contributed by atoms with Crippen LogP contribution in [0.25, 0.3) is 0 Å². The molecule has 1 N–H and O–H groups in total. The first kappa shape index (κ1) is 20.2. The normalized spacial score (nSPS) is 30.3. The number of nitrogens with one attached hydrogen (secondary N) is 1. The van der Waals surface area contributed by atoms with E-state index in [0.29, 0.717) is 23.3 Å². The fourth-order valence-corrected chi connectivity index (χ4v) is 6.03. The average Bonchev–Trinajstić information content (AvgIpc) is 2.64. The summed E-state index contributed by atoms with van der Waals surface area (Å²) >= 11 is 0. The minimum absolute atomic E-state index is 0.00730. The van der Waals surface area contributed by atoms with Gasteiger partial charge in [0, 0.05) is 19.0 Å². The van der Waals surface area contributed by atoms with E-state index in [9.17, 15) is 22.8 Å². The van der Waals surface area contributed by atoms with Gasteiger partial charge in [-0.05, 0) is 74.0 Å². The molecular formula is C22H27F3N2O2. The Balaban J connectivity index is 1.30. The summed E-state index contributed by atoms with van der Waals surface area (Å²) in [4.78, 5) is 26.8. The molecule has 4 aliphatic rings. The molecule has 4 nitrogen and oxygen atoms in total. The Bertz CT molecular complexity index is 753. The maximum Gasteiger partial charge on any atom is 0.416 e. The van der Waals surface area contributed by atoms with Gasteiger partial charge in [-0.15, -0.1) is 0 Å². The van der Waals surface area contributed by atoms with E-state index in [2.05, 4.69) is 5.32 Å². The number of hydrogen-bond acceptors (Lipinski definition) is 2. The van der Waals surface area contributed by atoms with Gasteiger partial charge in [0.15, 0.2) is 0 Å². The van der Waals surface area contributed by atoms with Gasteiger partial charge in [-0.25, -0.2) is 0 Å². The van der Waals surface area contributed by atoms with Crippen molar-refractivity contribution < 1.29 is 22.8 Å². The molecule has 0 aromatic heterocycles. The second kappa shape index (κ2) is 7.33. The zero-order valence-electron chi connectivity index (χ0n) is 16.6. The molecular weight excluding hydrogens is 381 g/mol. The maximum atomic E-state index is 12.9. The van der Waals surface area contributed by atoms with Crippen LogP contribution in [0.3, 0.4) is 0 Å². The van der Waals surface area contributed by atoms with Gasteiger partial charge >= 0.3 is 6.18 Å². The van der Waals surface area contributed by atoms with E-state index in [1.54, 1.807) is 7.05 Å². The summed E-state index contributed by atoms with van der Waals surface area (Å²) in [7, 11) is 1.59. The van der Waals surface area contributed by atoms with Gasteiger partial charge in [0.1, 0.15) is 0 Å². The van der Waals surface area contributed by atoms with Crippen LogP contribution in [-0.4, -0.2) is 30.3 Å². The van der Waals surface area contributed by atoms with E-state index in [1.807, 2.05) is 0 Å². The molecule has 4 bridgehead atoms. The van der Waals surface area contributed by atoms with Gasteiger partial charge in [0.2, 0.25) is 11.8 Å². The summed E-state index contributed by atoms with van der Waals surface area (Å²) < 4.78 is 38.0. The lowest BCUT2D eigenvalue weighted by Crippen LogP contribution is -2.54. The number of halogens is 3. The van der Waals surface area contributed by atoms with Crippen LogP contribution in [0, 0.1) is 23.2 Å². The standard InChI is InChI=1S/C22H27F3N2O2/c1-27(13-14-2-4-18(5-3-14)22(23,24)25)19(28)12-26-20(29)21-9-15-6-16(10-21)8-17(7-15)11-21/h2-5,15-17H,6-13H2,1H3,(H,26,29). The highest BCUT2D eigenvalue weighted by Gasteiger charge is 2.54. The molecule has 4 saturated carbocycles. The second-order valence-electron chi connectivity index (χ2n) is 9.33. The fraction of sp³-hybridized carbons (Fsp3) is 0.636. The van der Waals surface area contributed by atoms with Crippen molar-refractivity contribution >= 4 is 11.8 Å². The first-order chi connectivity index (χ1) is 13.6. The Kier molecular flexibility index (Phi) is 5.11. The predicted molar refractivity (Wildman–Crippen MR) is 102 cm³/mol. The number of nitrogens with zero attached hydrogens (tertiary/aromatic N) is 1. The lowest BCUT2D eigenvalue weighted by atomic mass is 9.49. The Morgan fingerprint density at radius 2 is 1.55 bits per heavy atom. The number of carbonyl (C=O) groups is 2. The van der Waals surface area contributed by atoms with Crippen LogP contribution >= 0.6 is 0 Å². The van der Waals surface area contributed by atoms with Crippen LogP contribution in [0.1, 0.15) is 49.7 Å². The van der Waals surface area contributed by atoms with E-state index in [4.69, 9.17) is 0 Å². The van der Waals surface area contributed by atoms with Gasteiger partial charge in [0.05, 0.1) is 12.1 Å². The van der Waals surface area contributed by atoms with E-state index < -0.39 is 11.7 Å². The monoisotopic (exact) mass is 408 g/mol. The van der Waals surface area contributed by atoms with Crippen molar-refractivity contribution in [1.29, 1.82) is 0 Å². The summed E-state index contributed by atoms with van der Waals surface area (Å²) in [5, 5.41) is 2.86. The van der Waals surface area contributed by atoms with Crippen LogP contribution in [0.5, 0.6) is 0 Å². The predicted octanol–water partition coefficient (Wildman–Crippen LogP) is 4.00. The zero-order valence-corrected chi connectivity index (χ0v) is 16.6. The largest absolute Gasteiger partial charge is 0.416 e. The Morgan fingerprint density at radius 1 is 1.03 bits per heavy atom. The Labute approximate surface area is 168 Å². The third-order valence-corrected chi connectivity index (χ3v) is 7.05. The first-order valence-corrected chi connectivity index (χ1v) is 10.3. The van der Waals surface area contributed by atoms with Crippen molar-refractivity contribution in [2.45, 2.75) is 51.2 Å². The first-order valence-electron chi connectivity index (χ1n) is 10.3. The number of carbonyl (C=O) groups excluding carboxylic acids is 2. The van der Waals surface area contributed by atoms with Crippen LogP contribution in [0.2, 0.25) is 0 Å². The average molecular weight is 408 g/mol. The summed E-state index contributed by atoms with van der Waals surface area (Å²) in [5.74, 6) is 1.73. The Hall–Kier alpha value is -2.05. The molecule has 1 aromatic rings. The molecule has 0 spiro atoms. The highest BCUT2D eigenvalue weighted by atomic mass is 19.4. The number of alkyl halides is 3. The summed E-state index contributed by atoms with van der Waals surface area (Å²) in [6, 6.07) is 4.78. The van der Waals surface area contributed by atoms with Crippen LogP contribution < -0.4 is 5.32 Å². The van der Waals surface area contributed by atoms with E-state index in [0.717, 1.165) is 31.4 Å². The summed E-state index contributed by atoms with van der Waals surface area (Å²) in [5.41, 5.74) is -0.388. The van der Waals surface area contributed by atoms with E-state index in [-0.39, 0.29) is 30.3 Å². The highest BCUT2D eigenvalue weighted by Crippen LogP contribution is 2.60. The van der Waals surface area contributed by atoms with Crippen LogP contribution in [0.15, 0.2) is 24.3 Å². The lowest BCUT2D eigenvalue weighted by molar-refractivity contribution is -0.147. The third kappa shape index (κ3) is 4.14. The highest BCUT2D eigenvalue weighted by molar-refractivity contribution is 5.88. The molecule has 0 radical (unpaired) electrons. The fourth-order valence-electron chi connectivity index (χ4n) is 6.03. The molecule has 0 heterocycles. The van der Waals surface area contributed by atoms with Crippen molar-refractivity contribution in [2.75, 3.05) is 13.6 Å². The molecule has 7 heteroatoms. The number of likely N-dealkylation sites (N-methyl/N-ethyl adjacent to an activating group) is 1. The van der Waals surface area contributed by atoms with Crippen LogP contribution in [0.4, 0.5) is 13.2 Å². The minimum atomic E-state index is -4.37. The molecule has 4 fully saturated rings. The van der Waals surface area contributed by atoms with Crippen molar-refractivity contribution in [3.8, 4) is 0 Å². The molecule has 0 aliphatic heterocycles. The quantitative estimate of drug-likeness (QED) is 0.801. The van der Waals surface area contributed by atoms with Crippen molar-refractivity contribution in [1.82, 2.24) is 10.2 Å². The van der Waals surface area contributed by atoms with Gasteiger partial charge < -0.3 is 10.2 Å². The van der Waals surface area contributed by atoms with Crippen molar-refractivity contribution in [3.63, 3.8) is 0 Å². The number of amides is 2. The molecule has 29 heavy (non-hydrogen) atoms. The minimum Gasteiger partial charge on any atom is -0.347 e. The smallest absolute Gasteiger partial charge is 0.347 e. The van der Waals surface area contributed by atoms with Gasteiger partial charge in [0.25, 0.3) is 0 Å². The number of benzene rings is 1. The summed E-state index contributed by atoms with van der Waals surface area (Å²) in [6.07, 6.45) is 2.22. The van der Waals surface area contributed by atoms with Crippen LogP contribution in [-0.2, 0) is 22.3 Å². The molecule has 0 unspecified atom stereocenters. The SMILES string of the molecule is CN(Cc1ccc(C(F)(F)F)cc1)C(=O)CNC(=O)C12CC3CC(CC(C3)C1)C2. The maximum absolute atomic E-state index is 12.9. The van der Waals surface area contributed by atoms with Crippen molar-refractivity contribution in [2.24, 2.45) is 23.2 Å². The lowest BCUT2D eigenvalue weighted by Gasteiger charge is -2.55. The van der Waals surface area contributed by atoms with Gasteiger partial charge in [-0.1, -0.05) is 12.1 Å². The molecule has 0 atom stereocenters. The molecule has 2 amide bonds. The number of hydrogen-bond donors (Lipinski definition) is 1. The molecule has 5 rings (SSSR count). The molecule has 158 valence electrons. The topological polar surface area (TPSA) is 49.4 Å². The van der Waals surface area contributed by atoms with Gasteiger partial charge in [-0.3, -0.25) is 9.59 Å². The van der Waals surface area contributed by atoms with Crippen molar-refractivity contribution in [3.05, 3.63) is 35.4 Å². The molecule has 0 saturated heterocycles. The summed E-state index contributed by atoms with van der Waals surface area (Å²) in [6.45, 7) is 0.127. The zero-order chi connectivity index (χ0) is 20.8. The second-order valence-corrected chi connectivity index (χ2v) is 9.33.